The van der Waals surface area contributed by atoms with E-state index in [0.29, 0.717) is 1.68 Å². The first kappa shape index (κ1) is 43.4. The molecule has 0 heterocycles. The summed E-state index contributed by atoms with van der Waals surface area (Å²) in [5.74, 6) is 0. The second-order valence-corrected chi connectivity index (χ2v) is 41.7. The fraction of sp³-hybridized carbons (Fsp3) is 0. The van der Waals surface area contributed by atoms with Gasteiger partial charge in [0.25, 0.3) is 0 Å². The van der Waals surface area contributed by atoms with E-state index in [1.807, 2.05) is 0 Å². The van der Waals surface area contributed by atoms with Crippen LogP contribution in [0, 0.1) is 0 Å². The molecule has 5 heteroatoms. The van der Waals surface area contributed by atoms with Crippen molar-refractivity contribution in [2.45, 2.75) is 0 Å². The molecule has 0 aliphatic rings. The van der Waals surface area contributed by atoms with Gasteiger partial charge >= 0.3 is 267 Å². The summed E-state index contributed by atoms with van der Waals surface area (Å²) < 4.78 is 7.68. The molecule has 60 heavy (non-hydrogen) atoms. The third kappa shape index (κ3) is 9.01. The summed E-state index contributed by atoms with van der Waals surface area (Å²) in [6.07, 6.45) is 0. The molecule has 9 rings (SSSR count). The standard InChI is InChI=1S/C18H15P.6C6H5.CO.Rh.2Sb.5H/c1-4-10-16(11-5-1)19(17-12-6-2-7-13-17)18-14-8-3-9-15-18;6*1-2-4-6-5-3-1;1-2;;;;;;;;/h1-15H;6*1-5H;;;;;;;;;. The van der Waals surface area contributed by atoms with E-state index in [4.69, 9.17) is 0 Å². The van der Waals surface area contributed by atoms with E-state index in [0.717, 1.165) is 0 Å². The predicted octanol–water partition coefficient (Wildman–Crippen LogP) is 6.71. The maximum atomic E-state index is 16.5. The Labute approximate surface area is 377 Å². The molecule has 0 amide bonds. The van der Waals surface area contributed by atoms with E-state index in [1.165, 1.54) is 37.0 Å². The molecule has 0 unspecified atom stereocenters. The summed E-state index contributed by atoms with van der Waals surface area (Å²) in [6.45, 7) is 0. The molecule has 9 aromatic rings. The predicted molar refractivity (Wildman–Crippen MR) is 265 cm³/mol. The van der Waals surface area contributed by atoms with Crippen LogP contribution in [0.5, 0.6) is 0 Å². The van der Waals surface area contributed by atoms with Gasteiger partial charge in [-0.25, -0.2) is 0 Å². The largest absolute Gasteiger partial charge is 0.0622 e. The third-order valence-electron chi connectivity index (χ3n) is 11.0. The Morgan fingerprint density at radius 1 is 0.250 bits per heavy atom. The van der Waals surface area contributed by atoms with Gasteiger partial charge in [0.2, 0.25) is 0 Å². The van der Waals surface area contributed by atoms with Gasteiger partial charge in [0.15, 0.2) is 0 Å². The zero-order valence-electron chi connectivity index (χ0n) is 33.2. The van der Waals surface area contributed by atoms with Gasteiger partial charge in [0.1, 0.15) is 0 Å². The van der Waals surface area contributed by atoms with Crippen LogP contribution >= 0.6 is 7.92 Å². The summed E-state index contributed by atoms with van der Waals surface area (Å²) in [7, 11) is -0.446. The quantitative estimate of drug-likeness (QED) is 0.104. The van der Waals surface area contributed by atoms with Crippen LogP contribution in [0.1, 0.15) is 0 Å². The van der Waals surface area contributed by atoms with Gasteiger partial charge in [-0.15, -0.1) is 0 Å². The number of carbonyl (C=O) groups excluding carboxylic acids is 1. The van der Waals surface area contributed by atoms with Crippen molar-refractivity contribution >= 4 is 84.2 Å². The van der Waals surface area contributed by atoms with Crippen LogP contribution < -0.4 is 37.0 Å². The molecule has 1 nitrogen and oxygen atoms in total. The monoisotopic (exact) mass is 1100 g/mol. The molecule has 0 aliphatic heterocycles. The molecule has 0 atom stereocenters. The molecule has 0 aromatic heterocycles. The zero-order valence-corrected chi connectivity index (χ0v) is 41.9. The summed E-state index contributed by atoms with van der Waals surface area (Å²) in [6, 6.07) is 96.5. The molecule has 0 bridgehead atoms. The van der Waals surface area contributed by atoms with Crippen molar-refractivity contribution in [1.82, 2.24) is 0 Å². The number of carbonyl (C=O) groups is 1. The van der Waals surface area contributed by atoms with Crippen molar-refractivity contribution in [2.24, 2.45) is 0 Å². The van der Waals surface area contributed by atoms with Gasteiger partial charge in [0.05, 0.1) is 0 Å². The third-order valence-corrected chi connectivity index (χ3v) is 52.2. The molecule has 0 saturated heterocycles. The molecule has 9 aromatic carbocycles. The van der Waals surface area contributed by atoms with Crippen molar-refractivity contribution in [1.29, 1.82) is 0 Å². The Balaban J connectivity index is 0.000000228. The van der Waals surface area contributed by atoms with E-state index in [1.54, 1.807) is 0 Å². The first-order chi connectivity index (χ1) is 29.2. The van der Waals surface area contributed by atoms with Gasteiger partial charge in [-0.1, -0.05) is 91.0 Å². The molecule has 0 fully saturated rings. The molecular weight excluding hydrogens is 1050 g/mol. The van der Waals surface area contributed by atoms with Crippen molar-refractivity contribution in [2.75, 3.05) is 0 Å². The van der Waals surface area contributed by atoms with Gasteiger partial charge in [-0.05, 0) is 23.8 Å². The summed E-state index contributed by atoms with van der Waals surface area (Å²) in [5.41, 5.74) is 0. The fourth-order valence-electron chi connectivity index (χ4n) is 8.38. The first-order valence-electron chi connectivity index (χ1n) is 20.1. The van der Waals surface area contributed by atoms with Crippen molar-refractivity contribution in [3.8, 4) is 0 Å². The maximum absolute atomic E-state index is 16.5. The Bertz CT molecular complexity index is 2230. The number of hydrogen-bond donors (Lipinski definition) is 0. The fourth-order valence-corrected chi connectivity index (χ4v) is 61.7. The normalized spacial score (nSPS) is 11.6. The average molecular weight is 1100 g/mol. The van der Waals surface area contributed by atoms with E-state index >= 15 is 4.79 Å². The maximum Gasteiger partial charge on any atom is -0.0134 e. The second kappa shape index (κ2) is 21.2. The molecule has 1 radical (unpaired) electrons. The van der Waals surface area contributed by atoms with Crippen LogP contribution in [0.2, 0.25) is 0 Å². The van der Waals surface area contributed by atoms with E-state index < -0.39 is 45.5 Å². The number of benzene rings is 9. The SMILES string of the molecule is O=[C]([SbH]([c]1ccccc1)([c]1ccccc1)[c]1ccccc1)[SbH]([c]1ccccc1)([c]1ccccc1)[c]1ccccc1.[RhH3].c1ccc(P(c2ccccc2)c2ccccc2)cc1. The molecule has 300 valence electrons. The zero-order chi connectivity index (χ0) is 40.2. The molecule has 0 N–H and O–H groups in total. The van der Waals surface area contributed by atoms with Crippen molar-refractivity contribution in [3.63, 3.8) is 0 Å². The Kier molecular flexibility index (Phi) is 15.4. The van der Waals surface area contributed by atoms with E-state index in [-0.39, 0.29) is 19.5 Å². The number of rotatable bonds is 11. The molecule has 0 spiro atoms. The van der Waals surface area contributed by atoms with Crippen LogP contribution in [0.25, 0.3) is 0 Å². The Hall–Kier alpha value is -4.66. The van der Waals surface area contributed by atoms with E-state index in [2.05, 4.69) is 273 Å². The van der Waals surface area contributed by atoms with E-state index in [9.17, 15) is 0 Å². The minimum Gasteiger partial charge on any atom is -0.0622 e. The minimum atomic E-state index is -4.41. The van der Waals surface area contributed by atoms with Crippen molar-refractivity contribution < 1.29 is 24.3 Å². The topological polar surface area (TPSA) is 17.1 Å². The van der Waals surface area contributed by atoms with Crippen LogP contribution in [0.15, 0.2) is 273 Å². The summed E-state index contributed by atoms with van der Waals surface area (Å²) >= 11 is -8.81. The summed E-state index contributed by atoms with van der Waals surface area (Å²) in [5, 5.41) is 4.19. The Morgan fingerprint density at radius 3 is 0.567 bits per heavy atom. The molecular formula is C55H50OPRhSb2. The van der Waals surface area contributed by atoms with Crippen LogP contribution in [-0.2, 0) is 19.5 Å². The Morgan fingerprint density at radius 2 is 0.400 bits per heavy atom. The minimum absolute atomic E-state index is 0. The van der Waals surface area contributed by atoms with Gasteiger partial charge in [0, 0.05) is 0 Å². The van der Waals surface area contributed by atoms with Gasteiger partial charge < -0.3 is 0 Å². The molecule has 0 aliphatic carbocycles. The van der Waals surface area contributed by atoms with Gasteiger partial charge in [-0.3, -0.25) is 0 Å². The van der Waals surface area contributed by atoms with Crippen molar-refractivity contribution in [3.05, 3.63) is 273 Å². The number of hydrogen-bond acceptors (Lipinski definition) is 1. The first-order valence-corrected chi connectivity index (χ1v) is 32.8. The average Bonchev–Trinajstić information content (AvgIpc) is 3.33. The van der Waals surface area contributed by atoms with Crippen LogP contribution in [0.3, 0.4) is 0 Å². The van der Waals surface area contributed by atoms with Gasteiger partial charge in [-0.2, -0.15) is 0 Å². The molecule has 0 saturated carbocycles. The van der Waals surface area contributed by atoms with Crippen LogP contribution in [0.4, 0.5) is 4.79 Å². The second-order valence-electron chi connectivity index (χ2n) is 14.4. The van der Waals surface area contributed by atoms with Crippen LogP contribution in [-0.4, -0.2) is 39.3 Å². The smallest absolute Gasteiger partial charge is 0.0134 e. The summed E-state index contributed by atoms with van der Waals surface area (Å²) in [4.78, 5) is 16.5.